The smallest absolute Gasteiger partial charge is 0.274 e. The van der Waals surface area contributed by atoms with E-state index in [9.17, 15) is 58.2 Å². The normalized spacial score (nSPS) is 22.7. The van der Waals surface area contributed by atoms with E-state index in [0.29, 0.717) is 56.8 Å². The molecular weight excluding hydrogens is 1070 g/mol. The van der Waals surface area contributed by atoms with E-state index in [1.54, 1.807) is 36.4 Å². The molecule has 2 bridgehead atoms. The molecule has 0 aliphatic carbocycles. The van der Waals surface area contributed by atoms with Crippen molar-refractivity contribution in [1.29, 1.82) is 0 Å². The van der Waals surface area contributed by atoms with Crippen LogP contribution in [0, 0.1) is 0 Å². The van der Waals surface area contributed by atoms with E-state index in [2.05, 4.69) is 31.2 Å². The highest BCUT2D eigenvalue weighted by atomic mass is 33.1. The van der Waals surface area contributed by atoms with Gasteiger partial charge in [-0.3, -0.25) is 47.9 Å². The number of fused-ring (bicyclic) bond motifs is 7. The number of aromatic hydroxyl groups is 2. The molecular formula is C48H56N10O14S4. The van der Waals surface area contributed by atoms with E-state index < -0.39 is 141 Å². The van der Waals surface area contributed by atoms with Crippen molar-refractivity contribution >= 4 is 124 Å². The number of amides is 8. The summed E-state index contributed by atoms with van der Waals surface area (Å²) in [6.45, 7) is 1.41. The Labute approximate surface area is 452 Å². The number of hydrogen-bond acceptors (Lipinski definition) is 20. The third-order valence-corrected chi connectivity index (χ3v) is 17.3. The van der Waals surface area contributed by atoms with Crippen LogP contribution in [0.1, 0.15) is 34.8 Å². The predicted molar refractivity (Wildman–Crippen MR) is 286 cm³/mol. The van der Waals surface area contributed by atoms with E-state index in [-0.39, 0.29) is 11.5 Å². The molecule has 8 amide bonds. The van der Waals surface area contributed by atoms with E-state index >= 15 is 0 Å². The van der Waals surface area contributed by atoms with Crippen LogP contribution in [-0.4, -0.2) is 212 Å². The van der Waals surface area contributed by atoms with Gasteiger partial charge in [0.1, 0.15) is 47.2 Å². The quantitative estimate of drug-likeness (QED) is 0.144. The molecule has 2 aromatic carbocycles. The lowest BCUT2D eigenvalue weighted by Gasteiger charge is -2.34. The number of pyridine rings is 2. The number of hydrogen-bond donors (Lipinski definition) is 6. The van der Waals surface area contributed by atoms with Crippen LogP contribution < -0.4 is 30.7 Å². The van der Waals surface area contributed by atoms with Gasteiger partial charge in [-0.1, -0.05) is 45.1 Å². The zero-order valence-corrected chi connectivity index (χ0v) is 45.7. The first-order valence-electron chi connectivity index (χ1n) is 23.2. The molecule has 4 aromatic rings. The minimum Gasteiger partial charge on any atom is -0.505 e. The highest BCUT2D eigenvalue weighted by Crippen LogP contribution is 2.30. The molecule has 24 nitrogen and oxygen atoms in total. The highest BCUT2D eigenvalue weighted by molar-refractivity contribution is 8.76. The topological polar surface area (TPSA) is 316 Å². The van der Waals surface area contributed by atoms with Crippen molar-refractivity contribution in [3.63, 3.8) is 0 Å². The summed E-state index contributed by atoms with van der Waals surface area (Å²) in [5.74, 6) is -8.22. The maximum Gasteiger partial charge on any atom is 0.274 e. The Morgan fingerprint density at radius 1 is 0.579 bits per heavy atom. The average molecular weight is 1130 g/mol. The number of likely N-dealkylation sites (N-methyl/N-ethyl adjacent to an activating group) is 4. The summed E-state index contributed by atoms with van der Waals surface area (Å²) < 4.78 is 10.5. The molecule has 28 heteroatoms. The summed E-state index contributed by atoms with van der Waals surface area (Å²) >= 11 is 1.16. The van der Waals surface area contributed by atoms with E-state index in [4.69, 9.17) is 9.47 Å². The Bertz CT molecular complexity index is 2780. The molecule has 6 rings (SSSR count). The SMILES string of the molecule is COc1ccc2nc(C(=O)N[C@@H]3CSC(=O)[C@H](C)N(C)C(=O)[C@@H]4CSSC[C@@H](C(=O)N(C)[C@@H](C)C(=O)SC[C@@H](NC(=O)c5nc6ccc(OC)cc6cc5O)C(=O)NCC(=O)N4C)N(C)C(=O)CNC3=O)c(O)cc2c1. The summed E-state index contributed by atoms with van der Waals surface area (Å²) in [5.41, 5.74) is -0.310. The number of carbonyl (C=O) groups is 10. The predicted octanol–water partition coefficient (Wildman–Crippen LogP) is 0.617. The van der Waals surface area contributed by atoms with Crippen molar-refractivity contribution in [3.05, 3.63) is 59.9 Å². The van der Waals surface area contributed by atoms with Crippen LogP contribution in [0.25, 0.3) is 21.8 Å². The maximum absolute atomic E-state index is 14.5. The highest BCUT2D eigenvalue weighted by Gasteiger charge is 2.38. The monoisotopic (exact) mass is 1120 g/mol. The molecule has 6 N–H and O–H groups in total. The molecule has 0 spiro atoms. The van der Waals surface area contributed by atoms with Crippen molar-refractivity contribution in [2.45, 2.75) is 50.1 Å². The number of nitrogens with one attached hydrogen (secondary N) is 4. The first kappa shape index (κ1) is 58.2. The number of thioether (sulfide) groups is 2. The molecule has 6 atom stereocenters. The second-order valence-electron chi connectivity index (χ2n) is 17.4. The van der Waals surface area contributed by atoms with Crippen LogP contribution >= 0.6 is 45.1 Å². The number of nitrogens with zero attached hydrogens (tertiary/aromatic N) is 6. The van der Waals surface area contributed by atoms with Crippen molar-refractivity contribution < 1.29 is 67.6 Å². The molecule has 4 heterocycles. The Hall–Kier alpha value is -7.04. The minimum atomic E-state index is -1.55. The van der Waals surface area contributed by atoms with Gasteiger partial charge >= 0.3 is 0 Å². The van der Waals surface area contributed by atoms with Crippen LogP contribution in [-0.2, 0) is 38.4 Å². The fourth-order valence-corrected chi connectivity index (χ4v) is 12.0. The molecule has 2 aromatic heterocycles. The number of rotatable bonds is 6. The molecule has 2 saturated heterocycles. The Morgan fingerprint density at radius 2 is 0.947 bits per heavy atom. The van der Waals surface area contributed by atoms with Crippen molar-refractivity contribution in [1.82, 2.24) is 50.8 Å². The van der Waals surface area contributed by atoms with Crippen LogP contribution in [0.3, 0.4) is 0 Å². The van der Waals surface area contributed by atoms with Crippen LogP contribution in [0.5, 0.6) is 23.0 Å². The minimum absolute atomic E-state index is 0.140. The van der Waals surface area contributed by atoms with Gasteiger partial charge in [0.25, 0.3) is 11.8 Å². The van der Waals surface area contributed by atoms with Crippen LogP contribution in [0.2, 0.25) is 0 Å². The van der Waals surface area contributed by atoms with E-state index in [0.717, 1.165) is 41.2 Å². The number of benzene rings is 2. The summed E-state index contributed by atoms with van der Waals surface area (Å²) in [5, 5.41) is 31.2. The molecule has 0 radical (unpaired) electrons. The molecule has 0 saturated carbocycles. The Balaban J connectivity index is 1.30. The first-order chi connectivity index (χ1) is 36.0. The number of carbonyl (C=O) groups excluding carboxylic acids is 10. The molecule has 76 heavy (non-hydrogen) atoms. The molecule has 2 fully saturated rings. The number of aromatic nitrogens is 2. The molecule has 406 valence electrons. The summed E-state index contributed by atoms with van der Waals surface area (Å²) in [6.07, 6.45) is 0. The van der Waals surface area contributed by atoms with Gasteiger partial charge in [0.05, 0.1) is 50.4 Å². The Morgan fingerprint density at radius 3 is 1.30 bits per heavy atom. The van der Waals surface area contributed by atoms with Gasteiger partial charge in [-0.25, -0.2) is 9.97 Å². The number of methoxy groups -OCH3 is 2. The molecule has 0 unspecified atom stereocenters. The van der Waals surface area contributed by atoms with Crippen LogP contribution in [0.4, 0.5) is 0 Å². The fourth-order valence-electron chi connectivity index (χ4n) is 7.53. The van der Waals surface area contributed by atoms with Gasteiger partial charge in [-0.05, 0) is 62.4 Å². The van der Waals surface area contributed by atoms with Gasteiger partial charge < -0.3 is 60.6 Å². The standard InChI is InChI=1S/C48H56N10O14S4/c1-23-47(69)73-19-31(53-43(65)39-35(59)15-25-13-27(71-7)9-11-29(25)51-39)41(63)49-18-38(62)58(6)34-22-76-75-21-33(45(67)55(23)3)57(5)37(61)17-50-42(64)32(20-74-48(70)24(2)56(4)46(34)68)54-44(66)40-36(60)16-26-14-28(72-8)10-12-30(26)52-40/h9-16,23-24,31-34,59-60H,17-22H2,1-8H3,(H,49,63)(H,50,64)(H,53,65)(H,54,66)/t23-,24-,31+,32+,33-,34-/m0/s1. The van der Waals surface area contributed by atoms with E-state index in [1.807, 2.05) is 0 Å². The third kappa shape index (κ3) is 13.7. The second-order valence-corrected chi connectivity index (χ2v) is 22.0. The van der Waals surface area contributed by atoms with Gasteiger partial charge in [0, 0.05) is 62.0 Å². The summed E-state index contributed by atoms with van der Waals surface area (Å²) in [7, 11) is 10.3. The fraction of sp³-hybridized carbons (Fsp3) is 0.417. The number of ether oxygens (including phenoxy) is 2. The van der Waals surface area contributed by atoms with Crippen LogP contribution in [0.15, 0.2) is 48.5 Å². The summed E-state index contributed by atoms with van der Waals surface area (Å²) in [4.78, 5) is 153. The van der Waals surface area contributed by atoms with E-state index in [1.165, 1.54) is 68.4 Å². The molecule has 2 aliphatic heterocycles. The second kappa shape index (κ2) is 25.7. The third-order valence-electron chi connectivity index (χ3n) is 12.7. The summed E-state index contributed by atoms with van der Waals surface area (Å²) in [6, 6.07) is 3.90. The van der Waals surface area contributed by atoms with Gasteiger partial charge in [0.15, 0.2) is 11.4 Å². The maximum atomic E-state index is 14.5. The zero-order chi connectivity index (χ0) is 55.7. The molecule has 2 aliphatic rings. The van der Waals surface area contributed by atoms with Gasteiger partial charge in [-0.2, -0.15) is 0 Å². The van der Waals surface area contributed by atoms with Crippen molar-refractivity contribution in [2.75, 3.05) is 78.5 Å². The largest absolute Gasteiger partial charge is 0.505 e. The average Bonchev–Trinajstić information content (AvgIpc) is 3.42. The lowest BCUT2D eigenvalue weighted by molar-refractivity contribution is -0.145. The lowest BCUT2D eigenvalue weighted by atomic mass is 10.1. The first-order valence-corrected chi connectivity index (χ1v) is 27.7. The van der Waals surface area contributed by atoms with Gasteiger partial charge in [-0.15, -0.1) is 0 Å². The Kier molecular flexibility index (Phi) is 19.7. The lowest BCUT2D eigenvalue weighted by Crippen LogP contribution is -2.56. The van der Waals surface area contributed by atoms with Crippen molar-refractivity contribution in [3.8, 4) is 23.0 Å². The van der Waals surface area contributed by atoms with Crippen molar-refractivity contribution in [2.24, 2.45) is 0 Å². The van der Waals surface area contributed by atoms with Gasteiger partial charge in [0.2, 0.25) is 45.7 Å². The zero-order valence-electron chi connectivity index (χ0n) is 42.4.